The Labute approximate surface area is 164 Å². The minimum atomic E-state index is 0.184. The van der Waals surface area contributed by atoms with Crippen LogP contribution in [0.4, 0.5) is 5.82 Å². The smallest absolute Gasteiger partial charge is 0.230 e. The van der Waals surface area contributed by atoms with Crippen LogP contribution in [-0.2, 0) is 24.1 Å². The van der Waals surface area contributed by atoms with Crippen molar-refractivity contribution in [3.05, 3.63) is 16.3 Å². The first-order valence-electron chi connectivity index (χ1n) is 10.6. The Bertz CT molecular complexity index is 851. The van der Waals surface area contributed by atoms with Gasteiger partial charge in [-0.25, -0.2) is 9.97 Å². The molecule has 3 aliphatic rings. The van der Waals surface area contributed by atoms with Crippen LogP contribution in [0, 0.1) is 5.92 Å². The number of nitrogens with one attached hydrogen (secondary N) is 1. The number of aromatic nitrogens is 2. The van der Waals surface area contributed by atoms with E-state index in [0.29, 0.717) is 12.2 Å². The molecule has 5 nitrogen and oxygen atoms in total. The van der Waals surface area contributed by atoms with Crippen molar-refractivity contribution < 1.29 is 4.79 Å². The Hall–Kier alpha value is -1.69. The van der Waals surface area contributed by atoms with E-state index >= 15 is 0 Å². The number of hydrogen-bond donors (Lipinski definition) is 1. The maximum Gasteiger partial charge on any atom is 0.230 e. The molecule has 2 fully saturated rings. The van der Waals surface area contributed by atoms with Crippen molar-refractivity contribution in [2.24, 2.45) is 5.92 Å². The Morgan fingerprint density at radius 2 is 1.89 bits per heavy atom. The second-order valence-electron chi connectivity index (χ2n) is 8.32. The number of hydrogen-bond acceptors (Lipinski definition) is 5. The van der Waals surface area contributed by atoms with Crippen LogP contribution in [0.15, 0.2) is 0 Å². The maximum absolute atomic E-state index is 12.7. The first-order chi connectivity index (χ1) is 13.3. The van der Waals surface area contributed by atoms with Gasteiger partial charge in [-0.2, -0.15) is 0 Å². The van der Waals surface area contributed by atoms with Crippen molar-refractivity contribution in [3.8, 4) is 0 Å². The van der Waals surface area contributed by atoms with Gasteiger partial charge in [0.25, 0.3) is 0 Å². The third-order valence-corrected chi connectivity index (χ3v) is 7.32. The van der Waals surface area contributed by atoms with Crippen LogP contribution >= 0.6 is 11.3 Å². The fraction of sp³-hybridized carbons (Fsp3) is 0.667. The number of piperidine rings is 1. The molecule has 1 amide bonds. The van der Waals surface area contributed by atoms with E-state index in [0.717, 1.165) is 55.5 Å². The molecule has 2 aromatic rings. The zero-order chi connectivity index (χ0) is 18.2. The highest BCUT2D eigenvalue weighted by Crippen LogP contribution is 2.39. The fourth-order valence-electron chi connectivity index (χ4n) is 4.36. The predicted molar refractivity (Wildman–Crippen MR) is 109 cm³/mol. The van der Waals surface area contributed by atoms with Crippen molar-refractivity contribution >= 4 is 33.3 Å². The number of nitrogens with zero attached hydrogens (tertiary/aromatic N) is 3. The number of rotatable bonds is 5. The lowest BCUT2D eigenvalue weighted by atomic mass is 9.97. The summed E-state index contributed by atoms with van der Waals surface area (Å²) in [6.45, 7) is 2.78. The monoisotopic (exact) mass is 384 g/mol. The summed E-state index contributed by atoms with van der Waals surface area (Å²) in [6, 6.07) is 0. The molecule has 0 spiro atoms. The van der Waals surface area contributed by atoms with Gasteiger partial charge >= 0.3 is 0 Å². The second-order valence-corrected chi connectivity index (χ2v) is 9.41. The Morgan fingerprint density at radius 3 is 2.70 bits per heavy atom. The van der Waals surface area contributed by atoms with Gasteiger partial charge in [0.15, 0.2) is 0 Å². The van der Waals surface area contributed by atoms with Crippen molar-refractivity contribution in [2.75, 3.05) is 25.0 Å². The molecule has 6 heteroatoms. The second kappa shape index (κ2) is 7.38. The van der Waals surface area contributed by atoms with Crippen LogP contribution in [0.2, 0.25) is 0 Å². The molecule has 0 atom stereocenters. The van der Waals surface area contributed by atoms with Gasteiger partial charge in [-0.15, -0.1) is 11.3 Å². The van der Waals surface area contributed by atoms with Crippen molar-refractivity contribution in [2.45, 2.75) is 64.2 Å². The molecular formula is C21H28N4OS. The molecule has 0 unspecified atom stereocenters. The van der Waals surface area contributed by atoms with Crippen molar-refractivity contribution in [3.63, 3.8) is 0 Å². The molecule has 1 saturated carbocycles. The van der Waals surface area contributed by atoms with Gasteiger partial charge < -0.3 is 10.2 Å². The highest BCUT2D eigenvalue weighted by atomic mass is 32.1. The number of fused-ring (bicyclic) bond motifs is 3. The van der Waals surface area contributed by atoms with E-state index in [9.17, 15) is 4.79 Å². The minimum absolute atomic E-state index is 0.184. The van der Waals surface area contributed by atoms with Gasteiger partial charge in [-0.1, -0.05) is 0 Å². The zero-order valence-electron chi connectivity index (χ0n) is 15.9. The summed E-state index contributed by atoms with van der Waals surface area (Å²) >= 11 is 1.82. The Morgan fingerprint density at radius 1 is 1.07 bits per heavy atom. The van der Waals surface area contributed by atoms with E-state index in [-0.39, 0.29) is 5.91 Å². The van der Waals surface area contributed by atoms with Gasteiger partial charge in [-0.3, -0.25) is 4.79 Å². The van der Waals surface area contributed by atoms with E-state index in [1.54, 1.807) is 0 Å². The molecule has 27 heavy (non-hydrogen) atoms. The zero-order valence-corrected chi connectivity index (χ0v) is 16.7. The largest absolute Gasteiger partial charge is 0.369 e. The topological polar surface area (TPSA) is 58.1 Å². The number of aryl methyl sites for hydroxylation is 2. The molecule has 144 valence electrons. The van der Waals surface area contributed by atoms with Crippen molar-refractivity contribution in [1.29, 1.82) is 0 Å². The summed E-state index contributed by atoms with van der Waals surface area (Å²) < 4.78 is 0. The summed E-state index contributed by atoms with van der Waals surface area (Å²) in [7, 11) is 0. The molecule has 3 heterocycles. The van der Waals surface area contributed by atoms with E-state index in [2.05, 4.69) is 5.32 Å². The SMILES string of the molecule is O=C(Cc1nc(NCC2CC2)c2c3c(sc2n1)CCCC3)N1CCCCC1. The molecule has 2 aliphatic carbocycles. The highest BCUT2D eigenvalue weighted by molar-refractivity contribution is 7.19. The molecule has 0 radical (unpaired) electrons. The standard InChI is InChI=1S/C21H28N4OS/c26-18(25-10-4-1-5-11-25)12-17-23-20(22-13-14-8-9-14)19-15-6-2-3-7-16(15)27-21(19)24-17/h14H,1-13H2,(H,22,23,24). The number of carbonyl (C=O) groups excluding carboxylic acids is 1. The quantitative estimate of drug-likeness (QED) is 0.848. The first kappa shape index (κ1) is 17.4. The van der Waals surface area contributed by atoms with Gasteiger partial charge in [0, 0.05) is 24.5 Å². The number of anilines is 1. The average Bonchev–Trinajstić information content (AvgIpc) is 3.45. The van der Waals surface area contributed by atoms with E-state index in [4.69, 9.17) is 9.97 Å². The Kier molecular flexibility index (Phi) is 4.76. The summed E-state index contributed by atoms with van der Waals surface area (Å²) in [6.07, 6.45) is 11.3. The first-order valence-corrected chi connectivity index (χ1v) is 11.4. The molecule has 0 bridgehead atoms. The molecule has 5 rings (SSSR count). The summed E-state index contributed by atoms with van der Waals surface area (Å²) in [5, 5.41) is 4.85. The third-order valence-electron chi connectivity index (χ3n) is 6.13. The average molecular weight is 385 g/mol. The van der Waals surface area contributed by atoms with Gasteiger partial charge in [0.1, 0.15) is 16.5 Å². The van der Waals surface area contributed by atoms with Crippen LogP contribution in [0.1, 0.15) is 61.2 Å². The summed E-state index contributed by atoms with van der Waals surface area (Å²) in [5.41, 5.74) is 1.47. The highest BCUT2D eigenvalue weighted by Gasteiger charge is 2.25. The van der Waals surface area contributed by atoms with Gasteiger partial charge in [0.05, 0.1) is 11.8 Å². The predicted octanol–water partition coefficient (Wildman–Crippen LogP) is 3.95. The molecule has 1 saturated heterocycles. The van der Waals surface area contributed by atoms with Crippen LogP contribution in [0.5, 0.6) is 0 Å². The maximum atomic E-state index is 12.7. The summed E-state index contributed by atoms with van der Waals surface area (Å²) in [4.78, 5) is 27.0. The molecule has 0 aromatic carbocycles. The van der Waals surface area contributed by atoms with Crippen LogP contribution < -0.4 is 5.32 Å². The number of thiophene rings is 1. The van der Waals surface area contributed by atoms with Crippen molar-refractivity contribution in [1.82, 2.24) is 14.9 Å². The lowest BCUT2D eigenvalue weighted by Gasteiger charge is -2.26. The van der Waals surface area contributed by atoms with Crippen LogP contribution in [0.3, 0.4) is 0 Å². The van der Waals surface area contributed by atoms with E-state index < -0.39 is 0 Å². The number of carbonyl (C=O) groups is 1. The molecular weight excluding hydrogens is 356 g/mol. The molecule has 1 aliphatic heterocycles. The normalized spacial score (nSPS) is 19.9. The molecule has 1 N–H and O–H groups in total. The third kappa shape index (κ3) is 3.68. The van der Waals surface area contributed by atoms with E-state index in [1.165, 1.54) is 54.4 Å². The van der Waals surface area contributed by atoms with Crippen LogP contribution in [-0.4, -0.2) is 40.4 Å². The fourth-order valence-corrected chi connectivity index (χ4v) is 5.64. The number of amides is 1. The van der Waals surface area contributed by atoms with E-state index in [1.807, 2.05) is 16.2 Å². The van der Waals surface area contributed by atoms with Gasteiger partial charge in [-0.05, 0) is 69.3 Å². The molecule has 2 aromatic heterocycles. The lowest BCUT2D eigenvalue weighted by Crippen LogP contribution is -2.36. The Balaban J connectivity index is 1.45. The van der Waals surface area contributed by atoms with Gasteiger partial charge in [0.2, 0.25) is 5.91 Å². The summed E-state index contributed by atoms with van der Waals surface area (Å²) in [5.74, 6) is 2.65. The lowest BCUT2D eigenvalue weighted by molar-refractivity contribution is -0.131. The minimum Gasteiger partial charge on any atom is -0.369 e. The number of likely N-dealkylation sites (tertiary alicyclic amines) is 1. The van der Waals surface area contributed by atoms with Crippen LogP contribution in [0.25, 0.3) is 10.2 Å².